The van der Waals surface area contributed by atoms with Gasteiger partial charge in [-0.2, -0.15) is 0 Å². The SMILES string of the molecule is CC1(C(=O)NCc2cc3cc(F)c(CNc4ccon4)cc3n2S(=O)(=O)c2ccccc2)CC1. The van der Waals surface area contributed by atoms with Gasteiger partial charge in [0, 0.05) is 29.0 Å². The standard InChI is InChI=1S/C24H23FN4O4S/c1-24(8-9-24)23(30)27-15-18-11-16-12-20(25)17(14-26-22-7-10-33-28-22)13-21(16)29(18)34(31,32)19-5-3-2-4-6-19/h2-7,10-13H,8-9,14-15H2,1H3,(H,26,28)(H,27,30). The molecule has 0 atom stereocenters. The number of anilines is 1. The highest BCUT2D eigenvalue weighted by atomic mass is 32.2. The fourth-order valence-electron chi connectivity index (χ4n) is 3.83. The molecule has 0 radical (unpaired) electrons. The second-order valence-corrected chi connectivity index (χ2v) is 10.5. The number of aromatic nitrogens is 2. The van der Waals surface area contributed by atoms with Crippen molar-refractivity contribution in [3.8, 4) is 0 Å². The zero-order valence-corrected chi connectivity index (χ0v) is 19.2. The summed E-state index contributed by atoms with van der Waals surface area (Å²) in [4.78, 5) is 12.6. The van der Waals surface area contributed by atoms with E-state index < -0.39 is 21.3 Å². The van der Waals surface area contributed by atoms with Gasteiger partial charge in [-0.25, -0.2) is 16.8 Å². The zero-order valence-electron chi connectivity index (χ0n) is 18.4. The molecule has 1 fully saturated rings. The maximum atomic E-state index is 14.9. The monoisotopic (exact) mass is 482 g/mol. The molecule has 2 aromatic heterocycles. The molecule has 0 spiro atoms. The van der Waals surface area contributed by atoms with Crippen LogP contribution in [0, 0.1) is 11.2 Å². The lowest BCUT2D eigenvalue weighted by Crippen LogP contribution is -2.31. The van der Waals surface area contributed by atoms with Gasteiger partial charge in [0.1, 0.15) is 12.1 Å². The first-order valence-corrected chi connectivity index (χ1v) is 12.3. The largest absolute Gasteiger partial charge is 0.363 e. The maximum Gasteiger partial charge on any atom is 0.268 e. The van der Waals surface area contributed by atoms with Crippen molar-refractivity contribution < 1.29 is 22.1 Å². The molecule has 0 unspecified atom stereocenters. The predicted octanol–water partition coefficient (Wildman–Crippen LogP) is 4.03. The third-order valence-electron chi connectivity index (χ3n) is 6.15. The number of amides is 1. The Kier molecular flexibility index (Phi) is 5.40. The van der Waals surface area contributed by atoms with Gasteiger partial charge in [-0.1, -0.05) is 30.3 Å². The number of nitrogens with zero attached hydrogens (tertiary/aromatic N) is 2. The van der Waals surface area contributed by atoms with Crippen LogP contribution in [0.5, 0.6) is 0 Å². The van der Waals surface area contributed by atoms with E-state index in [0.29, 0.717) is 22.4 Å². The third kappa shape index (κ3) is 4.05. The molecule has 0 bridgehead atoms. The second kappa shape index (κ2) is 8.28. The first-order chi connectivity index (χ1) is 16.3. The van der Waals surface area contributed by atoms with Gasteiger partial charge >= 0.3 is 0 Å². The van der Waals surface area contributed by atoms with Crippen LogP contribution in [0.3, 0.4) is 0 Å². The van der Waals surface area contributed by atoms with Gasteiger partial charge < -0.3 is 15.2 Å². The molecule has 2 N–H and O–H groups in total. The molecule has 2 aromatic carbocycles. The first kappa shape index (κ1) is 22.1. The van der Waals surface area contributed by atoms with Gasteiger partial charge in [-0.05, 0) is 43.2 Å². The summed E-state index contributed by atoms with van der Waals surface area (Å²) in [7, 11) is -4.01. The van der Waals surface area contributed by atoms with E-state index in [0.717, 1.165) is 12.8 Å². The van der Waals surface area contributed by atoms with Gasteiger partial charge in [0.15, 0.2) is 5.82 Å². The van der Waals surface area contributed by atoms with Crippen LogP contribution in [-0.2, 0) is 27.9 Å². The van der Waals surface area contributed by atoms with Crippen molar-refractivity contribution in [2.24, 2.45) is 5.41 Å². The van der Waals surface area contributed by atoms with E-state index in [-0.39, 0.29) is 29.5 Å². The highest BCUT2D eigenvalue weighted by Crippen LogP contribution is 2.45. The van der Waals surface area contributed by atoms with Crippen molar-refractivity contribution in [2.45, 2.75) is 37.8 Å². The summed E-state index contributed by atoms with van der Waals surface area (Å²) in [5.41, 5.74) is 0.530. The van der Waals surface area contributed by atoms with Crippen molar-refractivity contribution in [3.05, 3.63) is 77.9 Å². The van der Waals surface area contributed by atoms with Crippen molar-refractivity contribution in [1.29, 1.82) is 0 Å². The van der Waals surface area contributed by atoms with Gasteiger partial charge in [0.2, 0.25) is 5.91 Å². The molecular weight excluding hydrogens is 459 g/mol. The Morgan fingerprint density at radius 1 is 1.15 bits per heavy atom. The minimum absolute atomic E-state index is 0.00328. The number of carbonyl (C=O) groups is 1. The first-order valence-electron chi connectivity index (χ1n) is 10.8. The fraction of sp³-hybridized carbons (Fsp3) is 0.250. The number of hydrogen-bond acceptors (Lipinski definition) is 6. The minimum atomic E-state index is -4.01. The molecule has 0 aliphatic heterocycles. The minimum Gasteiger partial charge on any atom is -0.363 e. The third-order valence-corrected chi connectivity index (χ3v) is 7.93. The van der Waals surface area contributed by atoms with Crippen molar-refractivity contribution in [3.63, 3.8) is 0 Å². The Hall–Kier alpha value is -3.66. The Morgan fingerprint density at radius 2 is 1.91 bits per heavy atom. The molecule has 5 rings (SSSR count). The average Bonchev–Trinajstić information content (AvgIpc) is 3.22. The summed E-state index contributed by atoms with van der Waals surface area (Å²) in [6.07, 6.45) is 3.00. The van der Waals surface area contributed by atoms with Crippen molar-refractivity contribution in [2.75, 3.05) is 5.32 Å². The van der Waals surface area contributed by atoms with E-state index in [2.05, 4.69) is 15.8 Å². The van der Waals surface area contributed by atoms with E-state index in [1.807, 2.05) is 6.92 Å². The molecule has 34 heavy (non-hydrogen) atoms. The van der Waals surface area contributed by atoms with Gasteiger partial charge in [-0.3, -0.25) is 4.79 Å². The zero-order chi connectivity index (χ0) is 23.9. The topological polar surface area (TPSA) is 106 Å². The highest BCUT2D eigenvalue weighted by molar-refractivity contribution is 7.90. The predicted molar refractivity (Wildman–Crippen MR) is 124 cm³/mol. The number of nitrogens with one attached hydrogen (secondary N) is 2. The van der Waals surface area contributed by atoms with Crippen LogP contribution in [0.1, 0.15) is 31.0 Å². The smallest absolute Gasteiger partial charge is 0.268 e. The van der Waals surface area contributed by atoms with Crippen LogP contribution < -0.4 is 10.6 Å². The summed E-state index contributed by atoms with van der Waals surface area (Å²) in [5.74, 6) is -0.173. The van der Waals surface area contributed by atoms with Crippen LogP contribution in [0.2, 0.25) is 0 Å². The lowest BCUT2D eigenvalue weighted by Gasteiger charge is -2.15. The van der Waals surface area contributed by atoms with Crippen LogP contribution >= 0.6 is 0 Å². The van der Waals surface area contributed by atoms with Crippen LogP contribution in [0.4, 0.5) is 10.2 Å². The molecule has 176 valence electrons. The normalized spacial score (nSPS) is 14.8. The lowest BCUT2D eigenvalue weighted by molar-refractivity contribution is -0.125. The summed E-state index contributed by atoms with van der Waals surface area (Å²) in [5, 5.41) is 9.96. The van der Waals surface area contributed by atoms with E-state index in [1.165, 1.54) is 34.5 Å². The molecule has 4 aromatic rings. The number of rotatable bonds is 8. The van der Waals surface area contributed by atoms with Crippen LogP contribution in [0.25, 0.3) is 10.9 Å². The van der Waals surface area contributed by atoms with Gasteiger partial charge in [0.05, 0.1) is 22.7 Å². The summed E-state index contributed by atoms with van der Waals surface area (Å²) >= 11 is 0. The molecule has 0 saturated heterocycles. The second-order valence-electron chi connectivity index (χ2n) is 8.70. The molecule has 1 aliphatic rings. The van der Waals surface area contributed by atoms with E-state index in [9.17, 15) is 17.6 Å². The molecule has 1 saturated carbocycles. The van der Waals surface area contributed by atoms with Crippen LogP contribution in [-0.4, -0.2) is 23.5 Å². The number of halogens is 1. The molecule has 1 amide bonds. The molecule has 10 heteroatoms. The van der Waals surface area contributed by atoms with Crippen LogP contribution in [0.15, 0.2) is 70.3 Å². The summed E-state index contributed by atoms with van der Waals surface area (Å²) in [6, 6.07) is 14.0. The Morgan fingerprint density at radius 3 is 2.59 bits per heavy atom. The Balaban J connectivity index is 1.58. The van der Waals surface area contributed by atoms with Crippen molar-refractivity contribution >= 4 is 32.7 Å². The molecule has 1 aliphatic carbocycles. The number of carbonyl (C=O) groups excluding carboxylic acids is 1. The maximum absolute atomic E-state index is 14.9. The van der Waals surface area contributed by atoms with E-state index in [4.69, 9.17) is 4.52 Å². The van der Waals surface area contributed by atoms with E-state index >= 15 is 0 Å². The summed E-state index contributed by atoms with van der Waals surface area (Å²) < 4.78 is 48.1. The quantitative estimate of drug-likeness (QED) is 0.393. The Bertz CT molecular complexity index is 1460. The number of benzene rings is 2. The molecule has 8 nitrogen and oxygen atoms in total. The Labute approximate surface area is 195 Å². The van der Waals surface area contributed by atoms with Gasteiger partial charge in [0.25, 0.3) is 10.0 Å². The number of hydrogen-bond donors (Lipinski definition) is 2. The fourth-order valence-corrected chi connectivity index (χ4v) is 5.39. The molecular formula is C24H23FN4O4S. The summed E-state index contributed by atoms with van der Waals surface area (Å²) in [6.45, 7) is 1.96. The number of fused-ring (bicyclic) bond motifs is 1. The van der Waals surface area contributed by atoms with Gasteiger partial charge in [-0.15, -0.1) is 0 Å². The lowest BCUT2D eigenvalue weighted by atomic mass is 10.1. The van der Waals surface area contributed by atoms with Crippen molar-refractivity contribution in [1.82, 2.24) is 14.4 Å². The van der Waals surface area contributed by atoms with E-state index in [1.54, 1.807) is 30.3 Å². The highest BCUT2D eigenvalue weighted by Gasteiger charge is 2.44. The average molecular weight is 483 g/mol. The molecule has 2 heterocycles.